The Balaban J connectivity index is 2.16. The van der Waals surface area contributed by atoms with E-state index in [1.54, 1.807) is 6.54 Å². The molecule has 1 radical (unpaired) electrons. The monoisotopic (exact) mass is 164 g/mol. The van der Waals surface area contributed by atoms with Gasteiger partial charge in [-0.15, -0.1) is 0 Å². The third-order valence-electron chi connectivity index (χ3n) is 1.53. The molecule has 2 N–H and O–H groups in total. The second kappa shape index (κ2) is 5.61. The molecule has 0 aliphatic heterocycles. The molecular formula is C10H14NO. The van der Waals surface area contributed by atoms with Gasteiger partial charge in [-0.25, -0.2) is 0 Å². The van der Waals surface area contributed by atoms with Gasteiger partial charge in [-0.2, -0.15) is 0 Å². The van der Waals surface area contributed by atoms with Gasteiger partial charge in [0, 0.05) is 6.54 Å². The number of para-hydroxylation sites is 1. The van der Waals surface area contributed by atoms with Crippen LogP contribution in [-0.4, -0.2) is 6.61 Å². The molecule has 0 atom stereocenters. The van der Waals surface area contributed by atoms with Gasteiger partial charge >= 0.3 is 0 Å². The third-order valence-corrected chi connectivity index (χ3v) is 1.53. The molecule has 1 rings (SSSR count). The van der Waals surface area contributed by atoms with Crippen molar-refractivity contribution in [3.05, 3.63) is 36.9 Å². The fourth-order valence-corrected chi connectivity index (χ4v) is 0.908. The number of hydrogen-bond acceptors (Lipinski definition) is 2. The Labute approximate surface area is 73.3 Å². The summed E-state index contributed by atoms with van der Waals surface area (Å²) >= 11 is 0. The van der Waals surface area contributed by atoms with Crippen LogP contribution in [0.5, 0.6) is 5.75 Å². The van der Waals surface area contributed by atoms with Gasteiger partial charge in [0.2, 0.25) is 0 Å². The lowest BCUT2D eigenvalue weighted by Gasteiger charge is -2.03. The van der Waals surface area contributed by atoms with Gasteiger partial charge in [0.25, 0.3) is 0 Å². The van der Waals surface area contributed by atoms with Crippen molar-refractivity contribution in [1.82, 2.24) is 0 Å². The molecule has 0 aliphatic rings. The van der Waals surface area contributed by atoms with E-state index in [0.29, 0.717) is 0 Å². The van der Waals surface area contributed by atoms with E-state index >= 15 is 0 Å². The minimum absolute atomic E-state index is 0.734. The van der Waals surface area contributed by atoms with Crippen molar-refractivity contribution in [2.45, 2.75) is 12.8 Å². The second-order valence-electron chi connectivity index (χ2n) is 2.54. The van der Waals surface area contributed by atoms with E-state index in [1.165, 1.54) is 0 Å². The van der Waals surface area contributed by atoms with Crippen LogP contribution in [0, 0.1) is 6.54 Å². The Morgan fingerprint density at radius 1 is 1.25 bits per heavy atom. The number of unbranched alkanes of at least 4 members (excludes halogenated alkanes) is 1. The fraction of sp³-hybridized carbons (Fsp3) is 0.300. The standard InChI is InChI=1S/C10H14NO/c11-8-4-5-9-12-10-6-2-1-3-7-10/h1-3,6-8H,4-5,9,11H2. The van der Waals surface area contributed by atoms with Gasteiger partial charge in [-0.1, -0.05) is 18.2 Å². The summed E-state index contributed by atoms with van der Waals surface area (Å²) in [5.41, 5.74) is 5.23. The number of hydrogen-bond donors (Lipinski definition) is 1. The summed E-state index contributed by atoms with van der Waals surface area (Å²) in [6.45, 7) is 2.39. The molecule has 2 nitrogen and oxygen atoms in total. The molecule has 2 heteroatoms. The van der Waals surface area contributed by atoms with Gasteiger partial charge in [-0.05, 0) is 25.0 Å². The van der Waals surface area contributed by atoms with E-state index in [9.17, 15) is 0 Å². The zero-order valence-electron chi connectivity index (χ0n) is 7.07. The van der Waals surface area contributed by atoms with Gasteiger partial charge < -0.3 is 10.5 Å². The van der Waals surface area contributed by atoms with E-state index in [4.69, 9.17) is 10.5 Å². The summed E-state index contributed by atoms with van der Waals surface area (Å²) in [7, 11) is 0. The van der Waals surface area contributed by atoms with Crippen LogP contribution in [-0.2, 0) is 0 Å². The van der Waals surface area contributed by atoms with Crippen molar-refractivity contribution < 1.29 is 4.74 Å². The lowest BCUT2D eigenvalue weighted by molar-refractivity contribution is 0.310. The summed E-state index contributed by atoms with van der Waals surface area (Å²) in [5.74, 6) is 0.925. The van der Waals surface area contributed by atoms with Crippen LogP contribution in [0.3, 0.4) is 0 Å². The van der Waals surface area contributed by atoms with Gasteiger partial charge in [-0.3, -0.25) is 0 Å². The van der Waals surface area contributed by atoms with Crippen LogP contribution in [0.1, 0.15) is 12.8 Å². The summed E-state index contributed by atoms with van der Waals surface area (Å²) in [4.78, 5) is 0. The molecule has 0 aliphatic carbocycles. The largest absolute Gasteiger partial charge is 0.494 e. The van der Waals surface area contributed by atoms with E-state index in [0.717, 1.165) is 25.2 Å². The molecule has 0 spiro atoms. The minimum Gasteiger partial charge on any atom is -0.494 e. The molecule has 0 fully saturated rings. The summed E-state index contributed by atoms with van der Waals surface area (Å²) in [6.07, 6.45) is 1.89. The zero-order valence-corrected chi connectivity index (χ0v) is 7.07. The zero-order chi connectivity index (χ0) is 8.65. The molecule has 12 heavy (non-hydrogen) atoms. The molecule has 0 saturated heterocycles. The van der Waals surface area contributed by atoms with Crippen LogP contribution >= 0.6 is 0 Å². The summed E-state index contributed by atoms with van der Waals surface area (Å²) in [6, 6.07) is 9.80. The Bertz CT molecular complexity index is 198. The Morgan fingerprint density at radius 3 is 2.67 bits per heavy atom. The molecule has 1 aromatic rings. The number of nitrogens with two attached hydrogens (primary N) is 1. The predicted molar refractivity (Wildman–Crippen MR) is 49.7 cm³/mol. The molecular weight excluding hydrogens is 150 g/mol. The number of benzene rings is 1. The van der Waals surface area contributed by atoms with Crippen molar-refractivity contribution in [3.8, 4) is 5.75 Å². The second-order valence-corrected chi connectivity index (χ2v) is 2.54. The Kier molecular flexibility index (Phi) is 4.24. The van der Waals surface area contributed by atoms with Crippen molar-refractivity contribution in [3.63, 3.8) is 0 Å². The maximum absolute atomic E-state index is 5.43. The quantitative estimate of drug-likeness (QED) is 0.675. The maximum atomic E-state index is 5.43. The van der Waals surface area contributed by atoms with Gasteiger partial charge in [0.1, 0.15) is 5.75 Å². The average Bonchev–Trinajstić information content (AvgIpc) is 2.14. The summed E-state index contributed by atoms with van der Waals surface area (Å²) < 4.78 is 5.43. The highest BCUT2D eigenvalue weighted by Gasteiger charge is 1.90. The van der Waals surface area contributed by atoms with Crippen LogP contribution in [0.25, 0.3) is 0 Å². The van der Waals surface area contributed by atoms with E-state index in [1.807, 2.05) is 30.3 Å². The van der Waals surface area contributed by atoms with E-state index in [-0.39, 0.29) is 0 Å². The lowest BCUT2D eigenvalue weighted by atomic mass is 10.3. The van der Waals surface area contributed by atoms with Crippen molar-refractivity contribution >= 4 is 0 Å². The predicted octanol–water partition coefficient (Wildman–Crippen LogP) is 1.97. The first-order chi connectivity index (χ1) is 5.93. The smallest absolute Gasteiger partial charge is 0.119 e. The average molecular weight is 164 g/mol. The molecule has 65 valence electrons. The Hall–Kier alpha value is -1.02. The topological polar surface area (TPSA) is 35.2 Å². The van der Waals surface area contributed by atoms with Crippen molar-refractivity contribution in [2.75, 3.05) is 6.61 Å². The first kappa shape index (κ1) is 9.07. The van der Waals surface area contributed by atoms with Crippen LogP contribution in [0.4, 0.5) is 0 Å². The minimum atomic E-state index is 0.734. The molecule has 0 aromatic heterocycles. The molecule has 0 bridgehead atoms. The first-order valence-electron chi connectivity index (χ1n) is 4.15. The first-order valence-corrected chi connectivity index (χ1v) is 4.15. The van der Waals surface area contributed by atoms with E-state index < -0.39 is 0 Å². The van der Waals surface area contributed by atoms with Gasteiger partial charge in [0.15, 0.2) is 0 Å². The molecule has 0 unspecified atom stereocenters. The van der Waals surface area contributed by atoms with Crippen LogP contribution in [0.2, 0.25) is 0 Å². The highest BCUT2D eigenvalue weighted by molar-refractivity contribution is 5.20. The van der Waals surface area contributed by atoms with Crippen LogP contribution < -0.4 is 10.5 Å². The molecule has 0 saturated carbocycles. The number of rotatable bonds is 5. The maximum Gasteiger partial charge on any atom is 0.119 e. The molecule has 0 amide bonds. The third kappa shape index (κ3) is 3.39. The lowest BCUT2D eigenvalue weighted by Crippen LogP contribution is -1.99. The highest BCUT2D eigenvalue weighted by Crippen LogP contribution is 2.08. The fourth-order valence-electron chi connectivity index (χ4n) is 0.908. The van der Waals surface area contributed by atoms with Crippen molar-refractivity contribution in [2.24, 2.45) is 5.73 Å². The van der Waals surface area contributed by atoms with E-state index in [2.05, 4.69) is 0 Å². The summed E-state index contributed by atoms with van der Waals surface area (Å²) in [5, 5.41) is 0. The van der Waals surface area contributed by atoms with Crippen molar-refractivity contribution in [1.29, 1.82) is 0 Å². The normalized spacial score (nSPS) is 9.75. The van der Waals surface area contributed by atoms with Gasteiger partial charge in [0.05, 0.1) is 6.61 Å². The van der Waals surface area contributed by atoms with Crippen LogP contribution in [0.15, 0.2) is 30.3 Å². The SMILES string of the molecule is N[CH]CCCOc1ccccc1. The molecule has 0 heterocycles. The molecule has 1 aromatic carbocycles. The highest BCUT2D eigenvalue weighted by atomic mass is 16.5. The number of ether oxygens (including phenoxy) is 1. The Morgan fingerprint density at radius 2 is 2.00 bits per heavy atom.